The van der Waals surface area contributed by atoms with Gasteiger partial charge in [0.2, 0.25) is 0 Å². The number of rotatable bonds is 6. The Morgan fingerprint density at radius 3 is 2.53 bits per heavy atom. The van der Waals surface area contributed by atoms with Crippen LogP contribution in [0.15, 0.2) is 36.9 Å². The minimum atomic E-state index is 0.477. The van der Waals surface area contributed by atoms with Crippen molar-refractivity contribution in [3.8, 4) is 0 Å². The van der Waals surface area contributed by atoms with Crippen molar-refractivity contribution in [3.63, 3.8) is 0 Å². The lowest BCUT2D eigenvalue weighted by Gasteiger charge is -2.16. The van der Waals surface area contributed by atoms with Crippen molar-refractivity contribution in [2.45, 2.75) is 32.2 Å². The Morgan fingerprint density at radius 1 is 1.33 bits per heavy atom. The molecule has 1 aromatic rings. The third-order valence-corrected chi connectivity index (χ3v) is 2.73. The van der Waals surface area contributed by atoms with Crippen LogP contribution in [0.4, 0.5) is 0 Å². The summed E-state index contributed by atoms with van der Waals surface area (Å²) in [5.74, 6) is 0. The molecule has 0 saturated heterocycles. The molecule has 0 aliphatic rings. The molecule has 82 valence electrons. The zero-order chi connectivity index (χ0) is 11.1. The molecule has 1 unspecified atom stereocenters. The van der Waals surface area contributed by atoms with Crippen LogP contribution in [0.5, 0.6) is 0 Å². The Labute approximate surface area is 93.2 Å². The number of nitrogens with one attached hydrogen (secondary N) is 1. The number of hydrogen-bond donors (Lipinski definition) is 1. The first-order valence-corrected chi connectivity index (χ1v) is 5.62. The van der Waals surface area contributed by atoms with Gasteiger partial charge >= 0.3 is 0 Å². The van der Waals surface area contributed by atoms with Crippen LogP contribution in [0.25, 0.3) is 0 Å². The van der Waals surface area contributed by atoms with E-state index in [0.717, 1.165) is 6.42 Å². The number of hydrogen-bond acceptors (Lipinski definition) is 1. The molecule has 1 nitrogen and oxygen atoms in total. The molecular formula is C14H21N. The van der Waals surface area contributed by atoms with E-state index in [1.165, 1.54) is 24.0 Å². The molecule has 0 fully saturated rings. The summed E-state index contributed by atoms with van der Waals surface area (Å²) in [4.78, 5) is 0. The second-order valence-corrected chi connectivity index (χ2v) is 3.97. The highest BCUT2D eigenvalue weighted by Gasteiger charge is 2.07. The average molecular weight is 203 g/mol. The fraction of sp³-hybridized carbons (Fsp3) is 0.429. The maximum absolute atomic E-state index is 3.75. The Morgan fingerprint density at radius 2 is 2.00 bits per heavy atom. The lowest BCUT2D eigenvalue weighted by atomic mass is 10.0. The van der Waals surface area contributed by atoms with Crippen LogP contribution in [0, 0.1) is 6.92 Å². The molecule has 1 N–H and O–H groups in total. The lowest BCUT2D eigenvalue weighted by Crippen LogP contribution is -2.16. The molecule has 0 spiro atoms. The summed E-state index contributed by atoms with van der Waals surface area (Å²) in [5, 5.41) is 3.36. The van der Waals surface area contributed by atoms with Crippen LogP contribution < -0.4 is 5.32 Å². The third-order valence-electron chi connectivity index (χ3n) is 2.73. The molecule has 15 heavy (non-hydrogen) atoms. The normalized spacial score (nSPS) is 12.4. The molecule has 1 atom stereocenters. The molecule has 0 saturated carbocycles. The number of unbranched alkanes of at least 4 members (excludes halogenated alkanes) is 1. The molecule has 0 aliphatic carbocycles. The quantitative estimate of drug-likeness (QED) is 0.550. The van der Waals surface area contributed by atoms with Crippen molar-refractivity contribution in [1.82, 2.24) is 5.32 Å². The van der Waals surface area contributed by atoms with Gasteiger partial charge in [-0.2, -0.15) is 0 Å². The van der Waals surface area contributed by atoms with Gasteiger partial charge in [0.1, 0.15) is 0 Å². The first-order valence-electron chi connectivity index (χ1n) is 5.62. The first-order chi connectivity index (χ1) is 7.27. The molecule has 0 heterocycles. The molecular weight excluding hydrogens is 182 g/mol. The molecule has 1 aromatic carbocycles. The van der Waals surface area contributed by atoms with Gasteiger partial charge in [0, 0.05) is 6.04 Å². The Bertz CT molecular complexity index is 287. The predicted molar refractivity (Wildman–Crippen MR) is 67.0 cm³/mol. The maximum atomic E-state index is 3.75. The zero-order valence-electron chi connectivity index (χ0n) is 9.79. The van der Waals surface area contributed by atoms with Gasteiger partial charge in [-0.3, -0.25) is 0 Å². The Balaban J connectivity index is 2.57. The van der Waals surface area contributed by atoms with Gasteiger partial charge < -0.3 is 5.32 Å². The van der Waals surface area contributed by atoms with Crippen molar-refractivity contribution in [1.29, 1.82) is 0 Å². The van der Waals surface area contributed by atoms with Crippen molar-refractivity contribution in [2.75, 3.05) is 7.05 Å². The number of aryl methyl sites for hydroxylation is 1. The fourth-order valence-electron chi connectivity index (χ4n) is 1.74. The van der Waals surface area contributed by atoms with E-state index in [2.05, 4.69) is 43.1 Å². The van der Waals surface area contributed by atoms with Gasteiger partial charge in [-0.25, -0.2) is 0 Å². The van der Waals surface area contributed by atoms with E-state index in [1.54, 1.807) is 0 Å². The minimum Gasteiger partial charge on any atom is -0.313 e. The van der Waals surface area contributed by atoms with E-state index in [1.807, 2.05) is 13.1 Å². The molecule has 0 radical (unpaired) electrons. The lowest BCUT2D eigenvalue weighted by molar-refractivity contribution is 0.530. The zero-order valence-corrected chi connectivity index (χ0v) is 9.79. The fourth-order valence-corrected chi connectivity index (χ4v) is 1.74. The maximum Gasteiger partial charge on any atom is 0.0317 e. The Hall–Kier alpha value is -1.08. The summed E-state index contributed by atoms with van der Waals surface area (Å²) in [7, 11) is 2.03. The molecule has 1 rings (SSSR count). The van der Waals surface area contributed by atoms with E-state index in [-0.39, 0.29) is 0 Å². The summed E-state index contributed by atoms with van der Waals surface area (Å²) in [6, 6.07) is 9.25. The first kappa shape index (κ1) is 12.0. The average Bonchev–Trinajstić information content (AvgIpc) is 2.26. The highest BCUT2D eigenvalue weighted by Crippen LogP contribution is 2.19. The number of allylic oxidation sites excluding steroid dienone is 1. The molecule has 0 bridgehead atoms. The van der Waals surface area contributed by atoms with E-state index in [0.29, 0.717) is 6.04 Å². The van der Waals surface area contributed by atoms with Crippen LogP contribution in [0.1, 0.15) is 36.4 Å². The summed E-state index contributed by atoms with van der Waals surface area (Å²) in [5.41, 5.74) is 2.70. The van der Waals surface area contributed by atoms with Crippen LogP contribution in [0.2, 0.25) is 0 Å². The summed E-state index contributed by atoms with van der Waals surface area (Å²) < 4.78 is 0. The largest absolute Gasteiger partial charge is 0.313 e. The Kier molecular flexibility index (Phi) is 5.13. The highest BCUT2D eigenvalue weighted by atomic mass is 14.9. The van der Waals surface area contributed by atoms with Crippen LogP contribution in [-0.4, -0.2) is 7.05 Å². The predicted octanol–water partition coefficient (Wildman–Crippen LogP) is 3.61. The summed E-state index contributed by atoms with van der Waals surface area (Å²) in [6.45, 7) is 5.87. The molecule has 1 heteroatoms. The van der Waals surface area contributed by atoms with Gasteiger partial charge in [0.25, 0.3) is 0 Å². The van der Waals surface area contributed by atoms with Crippen LogP contribution >= 0.6 is 0 Å². The standard InChI is InChI=1S/C14H21N/c1-4-5-6-7-14(15-3)13-10-8-12(2)9-11-13/h4,8-11,14-15H,1,5-7H2,2-3H3. The number of benzene rings is 1. The molecule has 0 aliphatic heterocycles. The van der Waals surface area contributed by atoms with Gasteiger partial charge in [-0.15, -0.1) is 6.58 Å². The third kappa shape index (κ3) is 3.88. The van der Waals surface area contributed by atoms with Gasteiger partial charge in [0.15, 0.2) is 0 Å². The van der Waals surface area contributed by atoms with Crippen LogP contribution in [-0.2, 0) is 0 Å². The smallest absolute Gasteiger partial charge is 0.0317 e. The van der Waals surface area contributed by atoms with Crippen molar-refractivity contribution in [2.24, 2.45) is 0 Å². The van der Waals surface area contributed by atoms with Gasteiger partial charge in [-0.05, 0) is 38.8 Å². The van der Waals surface area contributed by atoms with Crippen molar-refractivity contribution >= 4 is 0 Å². The summed E-state index contributed by atoms with van der Waals surface area (Å²) >= 11 is 0. The molecule has 0 amide bonds. The second kappa shape index (κ2) is 6.41. The van der Waals surface area contributed by atoms with Crippen LogP contribution in [0.3, 0.4) is 0 Å². The molecule has 0 aromatic heterocycles. The van der Waals surface area contributed by atoms with E-state index < -0.39 is 0 Å². The van der Waals surface area contributed by atoms with Crippen molar-refractivity contribution < 1.29 is 0 Å². The topological polar surface area (TPSA) is 12.0 Å². The van der Waals surface area contributed by atoms with E-state index in [9.17, 15) is 0 Å². The van der Waals surface area contributed by atoms with Gasteiger partial charge in [0.05, 0.1) is 0 Å². The summed E-state index contributed by atoms with van der Waals surface area (Å²) in [6.07, 6.45) is 5.46. The van der Waals surface area contributed by atoms with E-state index in [4.69, 9.17) is 0 Å². The minimum absolute atomic E-state index is 0.477. The van der Waals surface area contributed by atoms with Gasteiger partial charge in [-0.1, -0.05) is 35.9 Å². The van der Waals surface area contributed by atoms with Crippen molar-refractivity contribution in [3.05, 3.63) is 48.0 Å². The second-order valence-electron chi connectivity index (χ2n) is 3.97. The SMILES string of the molecule is C=CCCCC(NC)c1ccc(C)cc1. The van der Waals surface area contributed by atoms with E-state index >= 15 is 0 Å². The highest BCUT2D eigenvalue weighted by molar-refractivity contribution is 5.24. The monoisotopic (exact) mass is 203 g/mol.